The lowest BCUT2D eigenvalue weighted by atomic mass is 10.1. The van der Waals surface area contributed by atoms with Crippen molar-refractivity contribution in [3.8, 4) is 0 Å². The summed E-state index contributed by atoms with van der Waals surface area (Å²) in [6, 6.07) is -4.44. The molecule has 0 bridgehead atoms. The second-order valence-electron chi connectivity index (χ2n) is 7.39. The van der Waals surface area contributed by atoms with E-state index in [1.54, 1.807) is 0 Å². The number of carboxylic acids is 1. The Morgan fingerprint density at radius 3 is 2.56 bits per heavy atom. The topological polar surface area (TPSA) is 214 Å². The summed E-state index contributed by atoms with van der Waals surface area (Å²) in [5, 5.41) is 14.1. The number of likely N-dealkylation sites (tertiary alicyclic amines) is 1. The van der Waals surface area contributed by atoms with Crippen molar-refractivity contribution in [3.05, 3.63) is 18.2 Å². The Hall–Kier alpha value is -3.13. The Labute approximate surface area is 189 Å². The number of nitrogens with two attached hydrogens (primary N) is 2. The number of hydrogen-bond acceptors (Lipinski definition) is 8. The normalized spacial score (nSPS) is 18.4. The van der Waals surface area contributed by atoms with Crippen LogP contribution in [0.25, 0.3) is 0 Å². The van der Waals surface area contributed by atoms with E-state index >= 15 is 0 Å². The molecule has 1 aliphatic heterocycles. The first-order valence-corrected chi connectivity index (χ1v) is 10.5. The molecule has 1 aromatic rings. The highest BCUT2D eigenvalue weighted by atomic mass is 32.1. The Morgan fingerprint density at radius 2 is 2.00 bits per heavy atom. The van der Waals surface area contributed by atoms with E-state index in [1.807, 2.05) is 0 Å². The van der Waals surface area contributed by atoms with Crippen LogP contribution in [0, 0.1) is 0 Å². The lowest BCUT2D eigenvalue weighted by Gasteiger charge is -2.29. The molecule has 4 amide bonds. The summed E-state index contributed by atoms with van der Waals surface area (Å²) >= 11 is 3.99. The SMILES string of the molecule is NC(=O)CC(NC(=O)C1CCCN1C(=O)C(Cc1cnc[nH]1)NC(=O)C(N)CS)C(=O)O. The number of hydrogen-bond donors (Lipinski definition) is 7. The monoisotopic (exact) mass is 469 g/mol. The van der Waals surface area contributed by atoms with Gasteiger partial charge in [-0.25, -0.2) is 9.78 Å². The van der Waals surface area contributed by atoms with Gasteiger partial charge in [0.15, 0.2) is 0 Å². The van der Waals surface area contributed by atoms with Crippen molar-refractivity contribution in [2.45, 2.75) is 49.9 Å². The molecule has 1 aliphatic rings. The number of aromatic amines is 1. The summed E-state index contributed by atoms with van der Waals surface area (Å²) in [4.78, 5) is 68.7. The second-order valence-corrected chi connectivity index (χ2v) is 7.76. The first kappa shape index (κ1) is 25.1. The maximum absolute atomic E-state index is 13.3. The molecule has 4 atom stereocenters. The quantitative estimate of drug-likeness (QED) is 0.167. The number of primary amides is 1. The Balaban J connectivity index is 2.17. The molecule has 14 heteroatoms. The van der Waals surface area contributed by atoms with Crippen LogP contribution in [0.4, 0.5) is 0 Å². The molecule has 2 heterocycles. The largest absolute Gasteiger partial charge is 0.480 e. The van der Waals surface area contributed by atoms with E-state index in [4.69, 9.17) is 11.5 Å². The number of rotatable bonds is 11. The minimum Gasteiger partial charge on any atom is -0.480 e. The third-order valence-electron chi connectivity index (χ3n) is 4.99. The van der Waals surface area contributed by atoms with Gasteiger partial charge < -0.3 is 37.1 Å². The van der Waals surface area contributed by atoms with Crippen molar-refractivity contribution in [1.82, 2.24) is 25.5 Å². The third-order valence-corrected chi connectivity index (χ3v) is 5.38. The van der Waals surface area contributed by atoms with Gasteiger partial charge in [-0.1, -0.05) is 0 Å². The van der Waals surface area contributed by atoms with Gasteiger partial charge in [-0.05, 0) is 12.8 Å². The van der Waals surface area contributed by atoms with Gasteiger partial charge in [0.25, 0.3) is 0 Å². The fraction of sp³-hybridized carbons (Fsp3) is 0.556. The van der Waals surface area contributed by atoms with E-state index in [1.165, 1.54) is 17.4 Å². The maximum Gasteiger partial charge on any atom is 0.326 e. The van der Waals surface area contributed by atoms with Crippen LogP contribution in [0.1, 0.15) is 25.0 Å². The smallest absolute Gasteiger partial charge is 0.326 e. The molecule has 0 aliphatic carbocycles. The molecule has 1 saturated heterocycles. The molecule has 2 rings (SSSR count). The van der Waals surface area contributed by atoms with E-state index < -0.39 is 60.2 Å². The van der Waals surface area contributed by atoms with Crippen LogP contribution in [-0.4, -0.2) is 86.0 Å². The molecule has 1 aromatic heterocycles. The van der Waals surface area contributed by atoms with Gasteiger partial charge in [0.05, 0.1) is 18.8 Å². The molecule has 0 radical (unpaired) electrons. The van der Waals surface area contributed by atoms with Crippen molar-refractivity contribution in [2.24, 2.45) is 11.5 Å². The number of nitrogens with zero attached hydrogens (tertiary/aromatic N) is 2. The van der Waals surface area contributed by atoms with Gasteiger partial charge in [-0.15, -0.1) is 0 Å². The van der Waals surface area contributed by atoms with Crippen LogP contribution < -0.4 is 22.1 Å². The summed E-state index contributed by atoms with van der Waals surface area (Å²) in [6.07, 6.45) is 3.21. The maximum atomic E-state index is 13.3. The van der Waals surface area contributed by atoms with Gasteiger partial charge in [-0.3, -0.25) is 19.2 Å². The molecule has 176 valence electrons. The lowest BCUT2D eigenvalue weighted by molar-refractivity contribution is -0.145. The number of thiol groups is 1. The van der Waals surface area contributed by atoms with Gasteiger partial charge >= 0.3 is 5.97 Å². The summed E-state index contributed by atoms with van der Waals surface area (Å²) in [5.74, 6) is -4.06. The zero-order valence-electron chi connectivity index (χ0n) is 17.2. The van der Waals surface area contributed by atoms with Gasteiger partial charge in [0, 0.05) is 30.6 Å². The number of carbonyl (C=O) groups is 5. The molecular formula is C18H27N7O6S. The van der Waals surface area contributed by atoms with Crippen molar-refractivity contribution in [2.75, 3.05) is 12.3 Å². The van der Waals surface area contributed by atoms with Crippen molar-refractivity contribution >= 4 is 42.2 Å². The number of H-pyrrole nitrogens is 1. The van der Waals surface area contributed by atoms with E-state index in [-0.39, 0.29) is 18.7 Å². The predicted octanol–water partition coefficient (Wildman–Crippen LogP) is -2.87. The van der Waals surface area contributed by atoms with Crippen LogP contribution >= 0.6 is 12.6 Å². The Morgan fingerprint density at radius 1 is 1.28 bits per heavy atom. The summed E-state index contributed by atoms with van der Waals surface area (Å²) in [6.45, 7) is 0.235. The minimum atomic E-state index is -1.51. The minimum absolute atomic E-state index is 0.0714. The molecule has 32 heavy (non-hydrogen) atoms. The standard InChI is InChI=1S/C18H27N7O6S/c19-10(7-32)15(27)23-11(4-9-6-21-8-22-9)17(29)25-3-1-2-13(25)16(28)24-12(18(30)31)5-14(20)26/h6,8,10-13,32H,1-5,7,19H2,(H2,20,26)(H,21,22)(H,23,27)(H,24,28)(H,30,31). The summed E-state index contributed by atoms with van der Waals surface area (Å²) < 4.78 is 0. The Kier molecular flexibility index (Phi) is 9.02. The molecular weight excluding hydrogens is 442 g/mol. The molecule has 0 spiro atoms. The highest BCUT2D eigenvalue weighted by Crippen LogP contribution is 2.20. The van der Waals surface area contributed by atoms with Gasteiger partial charge in [0.1, 0.15) is 18.1 Å². The van der Waals surface area contributed by atoms with Crippen LogP contribution in [0.5, 0.6) is 0 Å². The van der Waals surface area contributed by atoms with Crippen molar-refractivity contribution < 1.29 is 29.1 Å². The molecule has 1 fully saturated rings. The molecule has 4 unspecified atom stereocenters. The van der Waals surface area contributed by atoms with E-state index in [0.29, 0.717) is 18.5 Å². The molecule has 8 N–H and O–H groups in total. The summed E-state index contributed by atoms with van der Waals surface area (Å²) in [5.41, 5.74) is 11.3. The van der Waals surface area contributed by atoms with Gasteiger partial charge in [-0.2, -0.15) is 12.6 Å². The first-order valence-electron chi connectivity index (χ1n) is 9.90. The average molecular weight is 470 g/mol. The van der Waals surface area contributed by atoms with Crippen LogP contribution in [0.2, 0.25) is 0 Å². The fourth-order valence-corrected chi connectivity index (χ4v) is 3.52. The number of amides is 4. The summed E-state index contributed by atoms with van der Waals surface area (Å²) in [7, 11) is 0. The highest BCUT2D eigenvalue weighted by Gasteiger charge is 2.39. The number of carbonyl (C=O) groups excluding carboxylic acids is 4. The number of nitrogens with one attached hydrogen (secondary N) is 3. The number of imidazole rings is 1. The lowest BCUT2D eigenvalue weighted by Crippen LogP contribution is -2.57. The third kappa shape index (κ3) is 6.68. The van der Waals surface area contributed by atoms with Crippen molar-refractivity contribution in [3.63, 3.8) is 0 Å². The highest BCUT2D eigenvalue weighted by molar-refractivity contribution is 7.80. The number of aliphatic carboxylic acids is 1. The fourth-order valence-electron chi connectivity index (χ4n) is 3.35. The zero-order valence-corrected chi connectivity index (χ0v) is 18.1. The first-order chi connectivity index (χ1) is 15.1. The zero-order chi connectivity index (χ0) is 23.8. The van der Waals surface area contributed by atoms with Gasteiger partial charge in [0.2, 0.25) is 23.6 Å². The molecule has 0 aromatic carbocycles. The van der Waals surface area contributed by atoms with Crippen LogP contribution in [-0.2, 0) is 30.4 Å². The number of carboxylic acid groups (broad SMARTS) is 1. The van der Waals surface area contributed by atoms with E-state index in [9.17, 15) is 29.1 Å². The molecule has 13 nitrogen and oxygen atoms in total. The number of aromatic nitrogens is 2. The van der Waals surface area contributed by atoms with Crippen LogP contribution in [0.3, 0.4) is 0 Å². The van der Waals surface area contributed by atoms with Crippen LogP contribution in [0.15, 0.2) is 12.5 Å². The van der Waals surface area contributed by atoms with E-state index in [2.05, 4.69) is 33.2 Å². The van der Waals surface area contributed by atoms with Crippen molar-refractivity contribution in [1.29, 1.82) is 0 Å². The Bertz CT molecular complexity index is 849. The second kappa shape index (κ2) is 11.5. The predicted molar refractivity (Wildman–Crippen MR) is 114 cm³/mol. The molecule has 0 saturated carbocycles. The van der Waals surface area contributed by atoms with E-state index in [0.717, 1.165) is 0 Å². The average Bonchev–Trinajstić information content (AvgIpc) is 3.43.